The van der Waals surface area contributed by atoms with Crippen molar-refractivity contribution < 1.29 is 0 Å². The highest BCUT2D eigenvalue weighted by atomic mass is 15.1. The number of rotatable bonds is 3. The molecule has 0 fully saturated rings. The van der Waals surface area contributed by atoms with Crippen molar-refractivity contribution in [1.82, 2.24) is 4.90 Å². The molecule has 0 aromatic carbocycles. The first kappa shape index (κ1) is 8.34. The van der Waals surface area contributed by atoms with Crippen molar-refractivity contribution in [3.05, 3.63) is 24.4 Å². The van der Waals surface area contributed by atoms with Gasteiger partial charge >= 0.3 is 0 Å². The maximum absolute atomic E-state index is 5.42. The van der Waals surface area contributed by atoms with Gasteiger partial charge in [0, 0.05) is 12.6 Å². The smallest absolute Gasteiger partial charge is 0.0442 e. The second kappa shape index (κ2) is 4.19. The molecule has 2 N–H and O–H groups in total. The molecule has 0 saturated carbocycles. The highest BCUT2D eigenvalue weighted by Crippen LogP contribution is 2.07. The summed E-state index contributed by atoms with van der Waals surface area (Å²) in [6, 6.07) is 0.534. The fraction of sp³-hybridized carbons (Fsp3) is 0.556. The van der Waals surface area contributed by atoms with Crippen molar-refractivity contribution in [3.63, 3.8) is 0 Å². The number of allylic oxidation sites excluding steroid dienone is 2. The van der Waals surface area contributed by atoms with Gasteiger partial charge in [-0.2, -0.15) is 0 Å². The minimum absolute atomic E-state index is 0.534. The predicted octanol–water partition coefficient (Wildman–Crippen LogP) is 1.11. The number of hydrogen-bond acceptors (Lipinski definition) is 2. The van der Waals surface area contributed by atoms with Crippen LogP contribution in [0.1, 0.15) is 13.3 Å². The Morgan fingerprint density at radius 3 is 2.91 bits per heavy atom. The Morgan fingerprint density at radius 1 is 1.45 bits per heavy atom. The molecule has 2 nitrogen and oxygen atoms in total. The van der Waals surface area contributed by atoms with Crippen molar-refractivity contribution in [2.24, 2.45) is 5.73 Å². The van der Waals surface area contributed by atoms with Gasteiger partial charge in [-0.15, -0.1) is 0 Å². The Hall–Kier alpha value is -0.760. The van der Waals surface area contributed by atoms with Crippen LogP contribution in [-0.2, 0) is 0 Å². The van der Waals surface area contributed by atoms with Gasteiger partial charge in [0.1, 0.15) is 0 Å². The fourth-order valence-electron chi connectivity index (χ4n) is 1.18. The molecule has 1 heterocycles. The van der Waals surface area contributed by atoms with Crippen molar-refractivity contribution >= 4 is 0 Å². The van der Waals surface area contributed by atoms with Crippen LogP contribution in [0.25, 0.3) is 0 Å². The molecule has 2 heteroatoms. The first-order valence-corrected chi connectivity index (χ1v) is 4.15. The molecule has 1 rings (SSSR count). The standard InChI is InChI=1S/C9H16N2/c1-9-5-2-3-7-11(9)8-4-6-10/h2-3,5,7,9H,4,6,8,10H2,1H3. The number of nitrogens with zero attached hydrogens (tertiary/aromatic N) is 1. The molecule has 1 unspecified atom stereocenters. The van der Waals surface area contributed by atoms with Crippen LogP contribution in [0.5, 0.6) is 0 Å². The van der Waals surface area contributed by atoms with E-state index in [0.717, 1.165) is 19.5 Å². The zero-order valence-electron chi connectivity index (χ0n) is 7.03. The average Bonchev–Trinajstić information content (AvgIpc) is 2.03. The Balaban J connectivity index is 2.33. The van der Waals surface area contributed by atoms with Crippen LogP contribution >= 0.6 is 0 Å². The predicted molar refractivity (Wildman–Crippen MR) is 48.1 cm³/mol. The lowest BCUT2D eigenvalue weighted by atomic mass is 10.2. The quantitative estimate of drug-likeness (QED) is 0.656. The molecule has 0 bridgehead atoms. The lowest BCUT2D eigenvalue weighted by Crippen LogP contribution is -2.29. The maximum atomic E-state index is 5.42. The van der Waals surface area contributed by atoms with Crippen molar-refractivity contribution in [2.45, 2.75) is 19.4 Å². The molecule has 0 spiro atoms. The number of hydrogen-bond donors (Lipinski definition) is 1. The van der Waals surface area contributed by atoms with E-state index in [0.29, 0.717) is 6.04 Å². The third kappa shape index (κ3) is 2.39. The molecular formula is C9H16N2. The van der Waals surface area contributed by atoms with E-state index in [2.05, 4.69) is 36.3 Å². The normalized spacial score (nSPS) is 22.7. The van der Waals surface area contributed by atoms with E-state index in [9.17, 15) is 0 Å². The van der Waals surface area contributed by atoms with Crippen LogP contribution in [0.3, 0.4) is 0 Å². The molecule has 1 aliphatic rings. The number of nitrogens with two attached hydrogens (primary N) is 1. The highest BCUT2D eigenvalue weighted by Gasteiger charge is 2.06. The fourth-order valence-corrected chi connectivity index (χ4v) is 1.18. The zero-order valence-corrected chi connectivity index (χ0v) is 7.03. The van der Waals surface area contributed by atoms with E-state index < -0.39 is 0 Å². The molecule has 0 saturated heterocycles. The first-order chi connectivity index (χ1) is 5.34. The molecule has 0 aromatic rings. The lowest BCUT2D eigenvalue weighted by Gasteiger charge is -2.27. The highest BCUT2D eigenvalue weighted by molar-refractivity contribution is 5.11. The monoisotopic (exact) mass is 152 g/mol. The molecule has 0 amide bonds. The van der Waals surface area contributed by atoms with Gasteiger partial charge in [0.2, 0.25) is 0 Å². The molecule has 1 atom stereocenters. The van der Waals surface area contributed by atoms with Crippen LogP contribution in [0.4, 0.5) is 0 Å². The van der Waals surface area contributed by atoms with E-state index in [-0.39, 0.29) is 0 Å². The molecule has 0 aliphatic carbocycles. The van der Waals surface area contributed by atoms with Crippen LogP contribution in [-0.4, -0.2) is 24.0 Å². The summed E-state index contributed by atoms with van der Waals surface area (Å²) in [5.41, 5.74) is 5.42. The van der Waals surface area contributed by atoms with Crippen LogP contribution in [0.2, 0.25) is 0 Å². The Morgan fingerprint density at radius 2 is 2.27 bits per heavy atom. The van der Waals surface area contributed by atoms with Gasteiger partial charge in [-0.25, -0.2) is 0 Å². The van der Waals surface area contributed by atoms with Gasteiger partial charge < -0.3 is 10.6 Å². The van der Waals surface area contributed by atoms with Crippen molar-refractivity contribution in [1.29, 1.82) is 0 Å². The SMILES string of the molecule is CC1C=CC=CN1CCCN. The largest absolute Gasteiger partial charge is 0.371 e. The molecule has 0 radical (unpaired) electrons. The molecular weight excluding hydrogens is 136 g/mol. The summed E-state index contributed by atoms with van der Waals surface area (Å²) in [5, 5.41) is 0. The van der Waals surface area contributed by atoms with Crippen LogP contribution in [0, 0.1) is 0 Å². The zero-order chi connectivity index (χ0) is 8.10. The summed E-state index contributed by atoms with van der Waals surface area (Å²) in [4.78, 5) is 2.30. The third-order valence-electron chi connectivity index (χ3n) is 1.92. The van der Waals surface area contributed by atoms with Gasteiger partial charge in [0.25, 0.3) is 0 Å². The van der Waals surface area contributed by atoms with Crippen molar-refractivity contribution in [2.75, 3.05) is 13.1 Å². The summed E-state index contributed by atoms with van der Waals surface area (Å²) in [7, 11) is 0. The van der Waals surface area contributed by atoms with Gasteiger partial charge in [0.05, 0.1) is 0 Å². The average molecular weight is 152 g/mol. The van der Waals surface area contributed by atoms with Gasteiger partial charge in [-0.1, -0.05) is 12.2 Å². The Labute approximate surface area is 68.4 Å². The minimum Gasteiger partial charge on any atom is -0.371 e. The topological polar surface area (TPSA) is 29.3 Å². The maximum Gasteiger partial charge on any atom is 0.0442 e. The first-order valence-electron chi connectivity index (χ1n) is 4.15. The second-order valence-corrected chi connectivity index (χ2v) is 2.85. The summed E-state index contributed by atoms with van der Waals surface area (Å²) in [5.74, 6) is 0. The minimum atomic E-state index is 0.534. The molecule has 1 aliphatic heterocycles. The van der Waals surface area contributed by atoms with Gasteiger partial charge in [-0.3, -0.25) is 0 Å². The molecule has 0 aromatic heterocycles. The summed E-state index contributed by atoms with van der Waals surface area (Å²) >= 11 is 0. The van der Waals surface area contributed by atoms with E-state index in [1.807, 2.05) is 0 Å². The van der Waals surface area contributed by atoms with Gasteiger partial charge in [0.15, 0.2) is 0 Å². The summed E-state index contributed by atoms with van der Waals surface area (Å²) in [6.07, 6.45) is 9.54. The van der Waals surface area contributed by atoms with Gasteiger partial charge in [-0.05, 0) is 32.2 Å². The Bertz CT molecular complexity index is 161. The Kier molecular flexibility index (Phi) is 3.17. The summed E-state index contributed by atoms with van der Waals surface area (Å²) < 4.78 is 0. The van der Waals surface area contributed by atoms with E-state index in [1.165, 1.54) is 0 Å². The van der Waals surface area contributed by atoms with E-state index >= 15 is 0 Å². The van der Waals surface area contributed by atoms with Crippen LogP contribution < -0.4 is 5.73 Å². The lowest BCUT2D eigenvalue weighted by molar-refractivity contribution is 0.329. The second-order valence-electron chi connectivity index (χ2n) is 2.85. The van der Waals surface area contributed by atoms with Crippen molar-refractivity contribution in [3.8, 4) is 0 Å². The summed E-state index contributed by atoms with van der Waals surface area (Å²) in [6.45, 7) is 4.04. The van der Waals surface area contributed by atoms with E-state index in [1.54, 1.807) is 0 Å². The van der Waals surface area contributed by atoms with Crippen LogP contribution in [0.15, 0.2) is 24.4 Å². The molecule has 62 valence electrons. The molecule has 11 heavy (non-hydrogen) atoms. The third-order valence-corrected chi connectivity index (χ3v) is 1.92. The van der Waals surface area contributed by atoms with E-state index in [4.69, 9.17) is 5.73 Å².